The molecular weight excluding hydrogens is 298 g/mol. The van der Waals surface area contributed by atoms with E-state index in [1.807, 2.05) is 0 Å². The number of likely N-dealkylation sites (N-methyl/N-ethyl adjacent to an activating group) is 1. The molecule has 0 aliphatic heterocycles. The molecule has 0 spiro atoms. The lowest BCUT2D eigenvalue weighted by Crippen LogP contribution is -2.36. The number of rotatable bonds is 7. The van der Waals surface area contributed by atoms with Crippen LogP contribution in [0.2, 0.25) is 0 Å². The molecule has 0 aromatic heterocycles. The molecule has 1 fully saturated rings. The lowest BCUT2D eigenvalue weighted by atomic mass is 10.2. The van der Waals surface area contributed by atoms with E-state index in [1.165, 1.54) is 37.1 Å². The highest BCUT2D eigenvalue weighted by Gasteiger charge is 2.29. The first-order chi connectivity index (χ1) is 9.82. The molecule has 1 saturated carbocycles. The molecule has 7 heteroatoms. The van der Waals surface area contributed by atoms with Gasteiger partial charge in [0.25, 0.3) is 0 Å². The smallest absolute Gasteiger partial charge is 0.341 e. The van der Waals surface area contributed by atoms with Crippen LogP contribution in [0.15, 0.2) is 29.2 Å². The number of sulfone groups is 1. The van der Waals surface area contributed by atoms with Gasteiger partial charge in [-0.25, -0.2) is 8.42 Å². The lowest BCUT2D eigenvalue weighted by molar-refractivity contribution is 0.234. The van der Waals surface area contributed by atoms with Gasteiger partial charge in [-0.3, -0.25) is 4.90 Å². The van der Waals surface area contributed by atoms with Gasteiger partial charge in [0.2, 0.25) is 9.84 Å². The molecule has 1 aromatic carbocycles. The van der Waals surface area contributed by atoms with Crippen molar-refractivity contribution in [2.45, 2.75) is 42.5 Å². The Labute approximate surface area is 124 Å². The van der Waals surface area contributed by atoms with Crippen LogP contribution >= 0.6 is 0 Å². The van der Waals surface area contributed by atoms with Crippen LogP contribution in [0.5, 0.6) is 0 Å². The lowest BCUT2D eigenvalue weighted by Gasteiger charge is -2.25. The minimum Gasteiger partial charge on any atom is -0.383 e. The van der Waals surface area contributed by atoms with Gasteiger partial charge in [-0.15, -0.1) is 0 Å². The van der Waals surface area contributed by atoms with Crippen molar-refractivity contribution in [2.24, 2.45) is 0 Å². The summed E-state index contributed by atoms with van der Waals surface area (Å²) in [5.74, 6) is -3.39. The molecule has 0 heterocycles. The highest BCUT2D eigenvalue weighted by atomic mass is 32.2. The predicted molar refractivity (Wildman–Crippen MR) is 78.4 cm³/mol. The van der Waals surface area contributed by atoms with Crippen molar-refractivity contribution >= 4 is 15.5 Å². The normalized spacial score (nSPS) is 17.2. The van der Waals surface area contributed by atoms with Crippen LogP contribution in [0.4, 0.5) is 14.5 Å². The summed E-state index contributed by atoms with van der Waals surface area (Å²) in [5.41, 5.74) is 0.722. The summed E-state index contributed by atoms with van der Waals surface area (Å²) in [6.45, 7) is 2.83. The molecule has 0 amide bonds. The largest absolute Gasteiger partial charge is 0.383 e. The second-order valence-electron chi connectivity index (χ2n) is 5.46. The van der Waals surface area contributed by atoms with E-state index in [0.717, 1.165) is 5.69 Å². The fraction of sp³-hybridized carbons (Fsp3) is 0.571. The van der Waals surface area contributed by atoms with Crippen LogP contribution in [-0.4, -0.2) is 44.8 Å². The van der Waals surface area contributed by atoms with Crippen LogP contribution < -0.4 is 5.32 Å². The Morgan fingerprint density at radius 2 is 1.86 bits per heavy atom. The van der Waals surface area contributed by atoms with Crippen LogP contribution in [0.1, 0.15) is 19.8 Å². The summed E-state index contributed by atoms with van der Waals surface area (Å²) in [6.07, 6.45) is 2.47. The van der Waals surface area contributed by atoms with Gasteiger partial charge in [0.15, 0.2) is 0 Å². The van der Waals surface area contributed by atoms with E-state index in [4.69, 9.17) is 0 Å². The Morgan fingerprint density at radius 1 is 1.29 bits per heavy atom. The Bertz CT molecular complexity index is 571. The number of hydrogen-bond acceptors (Lipinski definition) is 4. The van der Waals surface area contributed by atoms with E-state index in [0.29, 0.717) is 18.6 Å². The number of anilines is 1. The number of halogens is 2. The van der Waals surface area contributed by atoms with Crippen LogP contribution in [0.25, 0.3) is 0 Å². The molecule has 1 atom stereocenters. The number of hydrogen-bond donors (Lipinski definition) is 1. The van der Waals surface area contributed by atoms with E-state index >= 15 is 0 Å². The average Bonchev–Trinajstić information content (AvgIpc) is 3.28. The second kappa shape index (κ2) is 6.27. The fourth-order valence-electron chi connectivity index (χ4n) is 2.12. The van der Waals surface area contributed by atoms with Gasteiger partial charge in [0, 0.05) is 24.3 Å². The summed E-state index contributed by atoms with van der Waals surface area (Å²) in [6, 6.07) is 6.46. The Kier molecular flexibility index (Phi) is 4.83. The maximum atomic E-state index is 12.4. The maximum Gasteiger partial charge on any atom is 0.341 e. The third-order valence-corrected chi connectivity index (χ3v) is 5.24. The van der Waals surface area contributed by atoms with Crippen LogP contribution in [0.3, 0.4) is 0 Å². The standard InChI is InChI=1S/C14H20F2N2O2S/c1-10(18(2)12-5-6-12)9-17-11-3-7-13(8-4-11)21(19,20)14(15)16/h3-4,7-8,10,12,14,17H,5-6,9H2,1-2H3. The molecule has 0 radical (unpaired) electrons. The van der Waals surface area contributed by atoms with Crippen molar-refractivity contribution in [3.8, 4) is 0 Å². The predicted octanol–water partition coefficient (Wildman–Crippen LogP) is 2.58. The van der Waals surface area contributed by atoms with E-state index in [9.17, 15) is 17.2 Å². The van der Waals surface area contributed by atoms with Gasteiger partial charge in [0.1, 0.15) is 0 Å². The number of nitrogens with zero attached hydrogens (tertiary/aromatic N) is 1. The Balaban J connectivity index is 1.93. The van der Waals surface area contributed by atoms with E-state index in [2.05, 4.69) is 24.2 Å². The van der Waals surface area contributed by atoms with Crippen LogP contribution in [-0.2, 0) is 9.84 Å². The van der Waals surface area contributed by atoms with E-state index < -0.39 is 15.6 Å². The Morgan fingerprint density at radius 3 is 2.33 bits per heavy atom. The molecule has 1 aliphatic carbocycles. The van der Waals surface area contributed by atoms with Gasteiger partial charge < -0.3 is 5.32 Å². The molecule has 4 nitrogen and oxygen atoms in total. The molecule has 1 unspecified atom stereocenters. The highest BCUT2D eigenvalue weighted by molar-refractivity contribution is 7.91. The number of alkyl halides is 2. The van der Waals surface area contributed by atoms with Gasteiger partial charge in [-0.2, -0.15) is 8.78 Å². The summed E-state index contributed by atoms with van der Waals surface area (Å²) < 4.78 is 47.4. The van der Waals surface area contributed by atoms with E-state index in [1.54, 1.807) is 0 Å². The Hall–Kier alpha value is -1.21. The maximum absolute atomic E-state index is 12.4. The minimum absolute atomic E-state index is 0.349. The highest BCUT2D eigenvalue weighted by Crippen LogP contribution is 2.27. The summed E-state index contributed by atoms with van der Waals surface area (Å²) in [5, 5.41) is 3.19. The average molecular weight is 318 g/mol. The van der Waals surface area contributed by atoms with Crippen LogP contribution in [0, 0.1) is 0 Å². The van der Waals surface area contributed by atoms with Gasteiger partial charge in [-0.05, 0) is 51.1 Å². The second-order valence-corrected chi connectivity index (χ2v) is 7.37. The molecule has 118 valence electrons. The monoisotopic (exact) mass is 318 g/mol. The number of nitrogens with one attached hydrogen (secondary N) is 1. The number of benzene rings is 1. The molecule has 2 rings (SSSR count). The first-order valence-electron chi connectivity index (χ1n) is 6.90. The van der Waals surface area contributed by atoms with Crippen molar-refractivity contribution in [1.29, 1.82) is 0 Å². The molecule has 1 aromatic rings. The molecule has 0 bridgehead atoms. The topological polar surface area (TPSA) is 49.4 Å². The third-order valence-electron chi connectivity index (χ3n) is 3.84. The van der Waals surface area contributed by atoms with Gasteiger partial charge in [-0.1, -0.05) is 0 Å². The zero-order valence-corrected chi connectivity index (χ0v) is 12.9. The molecule has 0 saturated heterocycles. The third kappa shape index (κ3) is 3.91. The SMILES string of the molecule is CC(CNc1ccc(S(=O)(=O)C(F)F)cc1)N(C)C1CC1. The first-order valence-corrected chi connectivity index (χ1v) is 8.45. The van der Waals surface area contributed by atoms with Crippen molar-refractivity contribution in [1.82, 2.24) is 4.90 Å². The van der Waals surface area contributed by atoms with Gasteiger partial charge >= 0.3 is 5.76 Å². The molecule has 1 aliphatic rings. The quantitative estimate of drug-likeness (QED) is 0.839. The molecule has 1 N–H and O–H groups in total. The van der Waals surface area contributed by atoms with Gasteiger partial charge in [0.05, 0.1) is 4.90 Å². The van der Waals surface area contributed by atoms with Crippen molar-refractivity contribution in [2.75, 3.05) is 18.9 Å². The zero-order chi connectivity index (χ0) is 15.6. The zero-order valence-electron chi connectivity index (χ0n) is 12.1. The molecular formula is C14H20F2N2O2S. The minimum atomic E-state index is -4.51. The van der Waals surface area contributed by atoms with E-state index in [-0.39, 0.29) is 4.90 Å². The van der Waals surface area contributed by atoms with Crippen molar-refractivity contribution in [3.05, 3.63) is 24.3 Å². The summed E-state index contributed by atoms with van der Waals surface area (Å²) in [4.78, 5) is 1.95. The molecule has 21 heavy (non-hydrogen) atoms. The van der Waals surface area contributed by atoms with Crippen molar-refractivity contribution < 1.29 is 17.2 Å². The summed E-state index contributed by atoms with van der Waals surface area (Å²) in [7, 11) is -2.43. The van der Waals surface area contributed by atoms with Crippen molar-refractivity contribution in [3.63, 3.8) is 0 Å². The fourth-order valence-corrected chi connectivity index (χ4v) is 2.84. The first kappa shape index (κ1) is 16.2. The summed E-state index contributed by atoms with van der Waals surface area (Å²) >= 11 is 0.